The summed E-state index contributed by atoms with van der Waals surface area (Å²) < 4.78 is 21.5. The zero-order valence-corrected chi connectivity index (χ0v) is 8.54. The first kappa shape index (κ1) is 10.7. The number of carbonyl (C=O) groups is 1. The van der Waals surface area contributed by atoms with E-state index in [2.05, 4.69) is 5.32 Å². The van der Waals surface area contributed by atoms with Gasteiger partial charge in [0.1, 0.15) is 5.88 Å². The second-order valence-corrected chi connectivity index (χ2v) is 5.08. The normalized spacial score (nSPS) is 10.9. The maximum absolute atomic E-state index is 11.3. The molecular weight excluding hydrogens is 202 g/mol. The number of hydrogen-bond donors (Lipinski definition) is 1. The first-order valence-electron chi connectivity index (χ1n) is 4.00. The molecule has 0 aliphatic carbocycles. The summed E-state index contributed by atoms with van der Waals surface area (Å²) in [7, 11) is -3.16. The van der Waals surface area contributed by atoms with E-state index in [1.807, 2.05) is 0 Å². The predicted octanol–water partition coefficient (Wildman–Crippen LogP) is 0.418. The minimum absolute atomic E-state index is 0.333. The Morgan fingerprint density at radius 3 is 2.36 bits per heavy atom. The Hall–Kier alpha value is -1.36. The second kappa shape index (κ2) is 4.23. The second-order valence-electron chi connectivity index (χ2n) is 2.94. The third-order valence-electron chi connectivity index (χ3n) is 1.53. The van der Waals surface area contributed by atoms with Crippen LogP contribution in [0.5, 0.6) is 0 Å². The van der Waals surface area contributed by atoms with Gasteiger partial charge in [0.15, 0.2) is 9.84 Å². The number of amides is 1. The number of rotatable bonds is 3. The van der Waals surface area contributed by atoms with Crippen LogP contribution in [0.25, 0.3) is 0 Å². The van der Waals surface area contributed by atoms with Crippen molar-refractivity contribution in [2.24, 2.45) is 0 Å². The summed E-state index contributed by atoms with van der Waals surface area (Å²) in [5, 5.41) is 2.31. The molecule has 5 heteroatoms. The molecule has 0 aliphatic rings. The average Bonchev–Trinajstić information content (AvgIpc) is 2.14. The van der Waals surface area contributed by atoms with Crippen LogP contribution in [0.15, 0.2) is 30.3 Å². The van der Waals surface area contributed by atoms with Gasteiger partial charge in [-0.25, -0.2) is 8.42 Å². The molecule has 0 unspecified atom stereocenters. The first-order chi connectivity index (χ1) is 6.49. The standard InChI is InChI=1S/C9H11NO3S/c1-14(12,13)7-10-9(11)8-5-3-2-4-6-8/h2-6H,7H2,1H3,(H,10,11). The van der Waals surface area contributed by atoms with Crippen LogP contribution in [0.3, 0.4) is 0 Å². The van der Waals surface area contributed by atoms with E-state index in [0.29, 0.717) is 5.56 Å². The van der Waals surface area contributed by atoms with Crippen molar-refractivity contribution < 1.29 is 13.2 Å². The summed E-state index contributed by atoms with van der Waals surface area (Å²) in [6, 6.07) is 8.47. The average molecular weight is 213 g/mol. The molecule has 1 rings (SSSR count). The molecule has 0 radical (unpaired) electrons. The highest BCUT2D eigenvalue weighted by Crippen LogP contribution is 1.97. The molecule has 4 nitrogen and oxygen atoms in total. The van der Waals surface area contributed by atoms with Gasteiger partial charge in [-0.3, -0.25) is 4.79 Å². The fourth-order valence-corrected chi connectivity index (χ4v) is 1.28. The Morgan fingerprint density at radius 2 is 1.86 bits per heavy atom. The van der Waals surface area contributed by atoms with Crippen molar-refractivity contribution in [3.63, 3.8) is 0 Å². The Morgan fingerprint density at radius 1 is 1.29 bits per heavy atom. The molecule has 1 amide bonds. The summed E-state index contributed by atoms with van der Waals surface area (Å²) in [5.74, 6) is -0.711. The highest BCUT2D eigenvalue weighted by molar-refractivity contribution is 7.90. The van der Waals surface area contributed by atoms with Gasteiger partial charge in [0.25, 0.3) is 5.91 Å². The maximum Gasteiger partial charge on any atom is 0.252 e. The lowest BCUT2D eigenvalue weighted by Gasteiger charge is -2.02. The van der Waals surface area contributed by atoms with Gasteiger partial charge in [-0.2, -0.15) is 0 Å². The molecule has 1 N–H and O–H groups in total. The van der Waals surface area contributed by atoms with Gasteiger partial charge >= 0.3 is 0 Å². The van der Waals surface area contributed by atoms with E-state index in [0.717, 1.165) is 6.26 Å². The smallest absolute Gasteiger partial charge is 0.252 e. The third-order valence-corrected chi connectivity index (χ3v) is 2.20. The van der Waals surface area contributed by atoms with E-state index in [1.54, 1.807) is 30.3 Å². The van der Waals surface area contributed by atoms with Crippen molar-refractivity contribution in [3.05, 3.63) is 35.9 Å². The van der Waals surface area contributed by atoms with Crippen LogP contribution < -0.4 is 5.32 Å². The van der Waals surface area contributed by atoms with Crippen LogP contribution in [0.4, 0.5) is 0 Å². The molecule has 0 heterocycles. The maximum atomic E-state index is 11.3. The van der Waals surface area contributed by atoms with E-state index < -0.39 is 9.84 Å². The molecule has 76 valence electrons. The molecule has 0 aromatic heterocycles. The van der Waals surface area contributed by atoms with Gasteiger partial charge in [-0.15, -0.1) is 0 Å². The molecule has 0 spiro atoms. The van der Waals surface area contributed by atoms with Crippen molar-refractivity contribution in [1.29, 1.82) is 0 Å². The third kappa shape index (κ3) is 3.57. The van der Waals surface area contributed by atoms with E-state index in [4.69, 9.17) is 0 Å². The largest absolute Gasteiger partial charge is 0.338 e. The van der Waals surface area contributed by atoms with Crippen LogP contribution in [0.2, 0.25) is 0 Å². The molecule has 0 aliphatic heterocycles. The first-order valence-corrected chi connectivity index (χ1v) is 6.06. The SMILES string of the molecule is CS(=O)(=O)CNC(=O)c1ccccc1. The molecule has 0 saturated heterocycles. The molecule has 0 bridgehead atoms. The summed E-state index contributed by atoms with van der Waals surface area (Å²) in [4.78, 5) is 11.3. The number of carbonyl (C=O) groups excluding carboxylic acids is 1. The van der Waals surface area contributed by atoms with Crippen LogP contribution in [0.1, 0.15) is 10.4 Å². The van der Waals surface area contributed by atoms with Gasteiger partial charge in [0.2, 0.25) is 0 Å². The Balaban J connectivity index is 2.61. The van der Waals surface area contributed by atoms with Crippen molar-refractivity contribution >= 4 is 15.7 Å². The van der Waals surface area contributed by atoms with Gasteiger partial charge in [0, 0.05) is 11.8 Å². The quantitative estimate of drug-likeness (QED) is 0.791. The summed E-state index contributed by atoms with van der Waals surface area (Å²) in [6.07, 6.45) is 1.07. The van der Waals surface area contributed by atoms with E-state index >= 15 is 0 Å². The minimum atomic E-state index is -3.16. The monoisotopic (exact) mass is 213 g/mol. The van der Waals surface area contributed by atoms with Crippen molar-refractivity contribution in [3.8, 4) is 0 Å². The number of sulfone groups is 1. The molecule has 1 aromatic carbocycles. The van der Waals surface area contributed by atoms with Gasteiger partial charge in [-0.05, 0) is 12.1 Å². The van der Waals surface area contributed by atoms with E-state index in [1.165, 1.54) is 0 Å². The van der Waals surface area contributed by atoms with Crippen molar-refractivity contribution in [1.82, 2.24) is 5.32 Å². The Labute approximate surface area is 82.9 Å². The fourth-order valence-electron chi connectivity index (χ4n) is 0.888. The summed E-state index contributed by atoms with van der Waals surface area (Å²) >= 11 is 0. The minimum Gasteiger partial charge on any atom is -0.338 e. The Kier molecular flexibility index (Phi) is 3.24. The zero-order valence-electron chi connectivity index (χ0n) is 7.73. The fraction of sp³-hybridized carbons (Fsp3) is 0.222. The Bertz CT molecular complexity index is 411. The molecule has 0 atom stereocenters. The topological polar surface area (TPSA) is 63.2 Å². The van der Waals surface area contributed by atoms with Crippen LogP contribution in [-0.4, -0.2) is 26.5 Å². The van der Waals surface area contributed by atoms with Crippen LogP contribution in [0, 0.1) is 0 Å². The highest BCUT2D eigenvalue weighted by atomic mass is 32.2. The molecule has 0 saturated carbocycles. The van der Waals surface area contributed by atoms with Crippen molar-refractivity contribution in [2.75, 3.05) is 12.1 Å². The molecular formula is C9H11NO3S. The van der Waals surface area contributed by atoms with Crippen LogP contribution >= 0.6 is 0 Å². The lowest BCUT2D eigenvalue weighted by molar-refractivity contribution is 0.0960. The zero-order chi connectivity index (χ0) is 10.6. The lowest BCUT2D eigenvalue weighted by atomic mass is 10.2. The highest BCUT2D eigenvalue weighted by Gasteiger charge is 2.07. The van der Waals surface area contributed by atoms with Gasteiger partial charge in [0.05, 0.1) is 0 Å². The van der Waals surface area contributed by atoms with Gasteiger partial charge < -0.3 is 5.32 Å². The number of nitrogens with one attached hydrogen (secondary N) is 1. The van der Waals surface area contributed by atoms with Gasteiger partial charge in [-0.1, -0.05) is 18.2 Å². The predicted molar refractivity (Wildman–Crippen MR) is 53.6 cm³/mol. The van der Waals surface area contributed by atoms with Crippen molar-refractivity contribution in [2.45, 2.75) is 0 Å². The lowest BCUT2D eigenvalue weighted by Crippen LogP contribution is -2.28. The summed E-state index contributed by atoms with van der Waals surface area (Å²) in [6.45, 7) is 0. The van der Waals surface area contributed by atoms with E-state index in [9.17, 15) is 13.2 Å². The molecule has 1 aromatic rings. The number of hydrogen-bond acceptors (Lipinski definition) is 3. The van der Waals surface area contributed by atoms with Crippen LogP contribution in [-0.2, 0) is 9.84 Å². The molecule has 0 fully saturated rings. The summed E-state index contributed by atoms with van der Waals surface area (Å²) in [5.41, 5.74) is 0.455. The van der Waals surface area contributed by atoms with E-state index in [-0.39, 0.29) is 11.8 Å². The number of benzene rings is 1. The molecule has 14 heavy (non-hydrogen) atoms.